The maximum absolute atomic E-state index is 14.0. The molecule has 1 aromatic heterocycles. The number of rotatable bonds is 6. The van der Waals surface area contributed by atoms with Crippen molar-refractivity contribution in [3.63, 3.8) is 0 Å². The van der Waals surface area contributed by atoms with E-state index in [1.54, 1.807) is 7.05 Å². The minimum Gasteiger partial charge on any atom is -0.327 e. The van der Waals surface area contributed by atoms with Crippen LogP contribution in [0.2, 0.25) is 0 Å². The van der Waals surface area contributed by atoms with Gasteiger partial charge in [-0.05, 0) is 24.0 Å². The molecule has 2 aliphatic heterocycles. The lowest BCUT2D eigenvalue weighted by Crippen LogP contribution is -2.52. The van der Waals surface area contributed by atoms with Gasteiger partial charge < -0.3 is 15.1 Å². The first-order valence-electron chi connectivity index (χ1n) is 12.6. The Kier molecular flexibility index (Phi) is 6.45. The third-order valence-corrected chi connectivity index (χ3v) is 7.40. The van der Waals surface area contributed by atoms with E-state index in [1.807, 2.05) is 68.4 Å². The molecular formula is C28H29N7O3. The molecule has 3 aromatic rings. The zero-order valence-corrected chi connectivity index (χ0v) is 21.5. The Morgan fingerprint density at radius 3 is 2.61 bits per heavy atom. The van der Waals surface area contributed by atoms with E-state index in [2.05, 4.69) is 26.6 Å². The van der Waals surface area contributed by atoms with Crippen molar-refractivity contribution in [3.8, 4) is 17.5 Å². The number of amides is 3. The lowest BCUT2D eigenvalue weighted by Gasteiger charge is -2.33. The Morgan fingerprint density at radius 2 is 1.89 bits per heavy atom. The first kappa shape index (κ1) is 25.1. The van der Waals surface area contributed by atoms with Gasteiger partial charge in [-0.2, -0.15) is 10.4 Å². The Labute approximate surface area is 220 Å². The summed E-state index contributed by atoms with van der Waals surface area (Å²) in [5.74, 6) is -0.573. The van der Waals surface area contributed by atoms with E-state index in [9.17, 15) is 19.6 Å². The zero-order chi connectivity index (χ0) is 27.0. The van der Waals surface area contributed by atoms with E-state index in [-0.39, 0.29) is 36.5 Å². The first-order valence-corrected chi connectivity index (χ1v) is 12.6. The molecule has 3 atom stereocenters. The zero-order valence-electron chi connectivity index (χ0n) is 21.5. The summed E-state index contributed by atoms with van der Waals surface area (Å²) in [5.41, 5.74) is 1.26. The van der Waals surface area contributed by atoms with Crippen molar-refractivity contribution in [1.29, 1.82) is 5.26 Å². The third kappa shape index (κ3) is 4.20. The maximum atomic E-state index is 14.0. The molecule has 0 bridgehead atoms. The molecule has 2 aliphatic rings. The van der Waals surface area contributed by atoms with Crippen molar-refractivity contribution >= 4 is 23.4 Å². The summed E-state index contributed by atoms with van der Waals surface area (Å²) in [4.78, 5) is 47.8. The van der Waals surface area contributed by atoms with Crippen molar-refractivity contribution < 1.29 is 14.4 Å². The number of aromatic amines is 1. The van der Waals surface area contributed by atoms with Crippen LogP contribution in [0.3, 0.4) is 0 Å². The molecule has 10 nitrogen and oxygen atoms in total. The smallest absolute Gasteiger partial charge is 0.291 e. The van der Waals surface area contributed by atoms with Crippen LogP contribution in [0.1, 0.15) is 42.9 Å². The van der Waals surface area contributed by atoms with Gasteiger partial charge in [-0.1, -0.05) is 62.4 Å². The predicted molar refractivity (Wildman–Crippen MR) is 140 cm³/mol. The van der Waals surface area contributed by atoms with E-state index in [0.717, 1.165) is 11.1 Å². The molecule has 0 saturated carbocycles. The number of nitrogens with zero attached hydrogens (tertiary/aromatic N) is 5. The molecule has 2 aromatic carbocycles. The van der Waals surface area contributed by atoms with Gasteiger partial charge in [0.1, 0.15) is 12.1 Å². The molecule has 2 N–H and O–H groups in total. The standard InChI is InChI=1S/C28H29N7O3/c1-17(2)13-22(34(3)26(37)24-31-23(32-33-24)18-9-5-4-6-10-18)25(36)35-16-28(14-19(35)15-29)20-11-7-8-12-21(20)30-27(28)38/h4-12,17,19,22H,13-14,16H2,1-3H3,(H,30,38)(H,31,32,33)/t19-,22-,28-/m0/s1. The van der Waals surface area contributed by atoms with Gasteiger partial charge in [-0.3, -0.25) is 19.5 Å². The number of carbonyl (C=O) groups excluding carboxylic acids is 3. The average molecular weight is 512 g/mol. The van der Waals surface area contributed by atoms with Crippen LogP contribution in [-0.4, -0.2) is 68.4 Å². The molecule has 0 aliphatic carbocycles. The number of para-hydroxylation sites is 1. The number of nitriles is 1. The lowest BCUT2D eigenvalue weighted by atomic mass is 9.80. The number of likely N-dealkylation sites (tertiary alicyclic amines) is 1. The highest BCUT2D eigenvalue weighted by Crippen LogP contribution is 2.46. The highest BCUT2D eigenvalue weighted by molar-refractivity contribution is 6.07. The topological polar surface area (TPSA) is 135 Å². The Hall–Kier alpha value is -4.52. The van der Waals surface area contributed by atoms with Crippen LogP contribution in [0.25, 0.3) is 11.4 Å². The summed E-state index contributed by atoms with van der Waals surface area (Å²) in [6, 6.07) is 17.2. The van der Waals surface area contributed by atoms with Crippen LogP contribution >= 0.6 is 0 Å². The van der Waals surface area contributed by atoms with Gasteiger partial charge in [0.2, 0.25) is 17.6 Å². The average Bonchev–Trinajstić information content (AvgIpc) is 3.64. The summed E-state index contributed by atoms with van der Waals surface area (Å²) < 4.78 is 0. The SMILES string of the molecule is CC(C)C[C@@H](C(=O)N1C[C@]2(C[C@H]1C#N)C(=O)Nc1ccccc12)N(C)C(=O)c1nc(-c2ccccc2)n[nH]1. The number of H-pyrrole nitrogens is 1. The van der Waals surface area contributed by atoms with Gasteiger partial charge in [0.15, 0.2) is 5.82 Å². The molecule has 5 rings (SSSR count). The van der Waals surface area contributed by atoms with E-state index >= 15 is 0 Å². The highest BCUT2D eigenvalue weighted by Gasteiger charge is 2.56. The van der Waals surface area contributed by atoms with Gasteiger partial charge >= 0.3 is 0 Å². The Morgan fingerprint density at radius 1 is 1.18 bits per heavy atom. The summed E-state index contributed by atoms with van der Waals surface area (Å²) in [6.07, 6.45) is 0.581. The van der Waals surface area contributed by atoms with E-state index in [4.69, 9.17) is 0 Å². The molecule has 3 amide bonds. The second kappa shape index (κ2) is 9.74. The molecule has 1 spiro atoms. The molecule has 1 saturated heterocycles. The quantitative estimate of drug-likeness (QED) is 0.522. The van der Waals surface area contributed by atoms with Crippen LogP contribution in [0, 0.1) is 17.2 Å². The molecule has 0 unspecified atom stereocenters. The van der Waals surface area contributed by atoms with Crippen LogP contribution in [0.4, 0.5) is 5.69 Å². The molecule has 3 heterocycles. The molecule has 0 radical (unpaired) electrons. The summed E-state index contributed by atoms with van der Waals surface area (Å²) >= 11 is 0. The second-order valence-corrected chi connectivity index (χ2v) is 10.3. The van der Waals surface area contributed by atoms with Crippen molar-refractivity contribution in [3.05, 3.63) is 66.0 Å². The largest absolute Gasteiger partial charge is 0.327 e. The van der Waals surface area contributed by atoms with Crippen LogP contribution in [-0.2, 0) is 15.0 Å². The number of fused-ring (bicyclic) bond motifs is 2. The van der Waals surface area contributed by atoms with Crippen LogP contribution in [0.5, 0.6) is 0 Å². The monoisotopic (exact) mass is 511 g/mol. The third-order valence-electron chi connectivity index (χ3n) is 7.40. The highest BCUT2D eigenvalue weighted by atomic mass is 16.2. The normalized spacial score (nSPS) is 20.8. The molecule has 1 fully saturated rings. The number of aromatic nitrogens is 3. The number of hydrogen-bond acceptors (Lipinski definition) is 6. The fourth-order valence-corrected chi connectivity index (χ4v) is 5.43. The minimum atomic E-state index is -0.993. The number of nitrogens with one attached hydrogen (secondary N) is 2. The first-order chi connectivity index (χ1) is 18.2. The fraction of sp³-hybridized carbons (Fsp3) is 0.357. The van der Waals surface area contributed by atoms with Gasteiger partial charge in [-0.15, -0.1) is 0 Å². The van der Waals surface area contributed by atoms with Gasteiger partial charge in [0, 0.05) is 31.3 Å². The van der Waals surface area contributed by atoms with Crippen molar-refractivity contribution in [2.24, 2.45) is 5.92 Å². The van der Waals surface area contributed by atoms with E-state index in [1.165, 1.54) is 9.80 Å². The lowest BCUT2D eigenvalue weighted by molar-refractivity contribution is -0.136. The van der Waals surface area contributed by atoms with Gasteiger partial charge in [-0.25, -0.2) is 4.98 Å². The van der Waals surface area contributed by atoms with E-state index in [0.29, 0.717) is 17.9 Å². The van der Waals surface area contributed by atoms with Crippen molar-refractivity contribution in [2.75, 3.05) is 18.9 Å². The van der Waals surface area contributed by atoms with Crippen molar-refractivity contribution in [1.82, 2.24) is 25.0 Å². The Balaban J connectivity index is 1.42. The fourth-order valence-electron chi connectivity index (χ4n) is 5.43. The van der Waals surface area contributed by atoms with Crippen LogP contribution < -0.4 is 5.32 Å². The maximum Gasteiger partial charge on any atom is 0.291 e. The number of hydrogen-bond donors (Lipinski definition) is 2. The number of carbonyl (C=O) groups is 3. The number of anilines is 1. The van der Waals surface area contributed by atoms with Crippen molar-refractivity contribution in [2.45, 2.75) is 44.2 Å². The molecule has 38 heavy (non-hydrogen) atoms. The molecular weight excluding hydrogens is 482 g/mol. The van der Waals surface area contributed by atoms with Gasteiger partial charge in [0.25, 0.3) is 5.91 Å². The number of benzene rings is 2. The molecule has 10 heteroatoms. The van der Waals surface area contributed by atoms with E-state index < -0.39 is 23.4 Å². The Bertz CT molecular complexity index is 1430. The summed E-state index contributed by atoms with van der Waals surface area (Å²) in [5, 5.41) is 19.8. The minimum absolute atomic E-state index is 0.0201. The second-order valence-electron chi connectivity index (χ2n) is 10.3. The molecule has 194 valence electrons. The summed E-state index contributed by atoms with van der Waals surface area (Å²) in [6.45, 7) is 4.01. The number of likely N-dealkylation sites (N-methyl/N-ethyl adjacent to an activating group) is 1. The van der Waals surface area contributed by atoms with Gasteiger partial charge in [0.05, 0.1) is 11.5 Å². The summed E-state index contributed by atoms with van der Waals surface area (Å²) in [7, 11) is 1.56. The van der Waals surface area contributed by atoms with Crippen LogP contribution in [0.15, 0.2) is 54.6 Å². The predicted octanol–water partition coefficient (Wildman–Crippen LogP) is 2.97.